The first-order valence-electron chi connectivity index (χ1n) is 11.2. The summed E-state index contributed by atoms with van der Waals surface area (Å²) in [4.78, 5) is 24.1. The number of hydrogen-bond acceptors (Lipinski definition) is 5. The topological polar surface area (TPSA) is 92.8 Å². The lowest BCUT2D eigenvalue weighted by atomic mass is 9.91. The van der Waals surface area contributed by atoms with Gasteiger partial charge in [-0.05, 0) is 42.3 Å². The van der Waals surface area contributed by atoms with E-state index in [1.165, 1.54) is 29.2 Å². The van der Waals surface area contributed by atoms with E-state index in [1.54, 1.807) is 6.07 Å². The Bertz CT molecular complexity index is 1240. The molecule has 4 rings (SSSR count). The first-order chi connectivity index (χ1) is 17.3. The second kappa shape index (κ2) is 11.5. The lowest BCUT2D eigenvalue weighted by Crippen LogP contribution is -2.39. The molecule has 204 valence electrons. The van der Waals surface area contributed by atoms with Gasteiger partial charge in [-0.2, -0.15) is 13.2 Å². The van der Waals surface area contributed by atoms with E-state index in [0.29, 0.717) is 44.2 Å². The number of ether oxygens (including phenoxy) is 1. The summed E-state index contributed by atoms with van der Waals surface area (Å²) in [6.45, 7) is 1.23. The number of nitrogens with one attached hydrogen (secondary N) is 1. The standard InChI is InChI=1S/C12H11F4NO2.C12H14FNO3S.H2/c13-10-3-7(1-2-9(10)12(14,15)16)11(17-6-18)8-4-19-5-8;1-18(16,17)11-4-2-3-9(7-11)12(15)14-6-5-10(13)8-14;/h1-3,6,8,11H,4-5H2,(H,17,18);2-4,7,10H,5-6,8H2,1H3;1H/t11-;10-;/m00./s1. The zero-order chi connectivity index (χ0) is 27.4. The zero-order valence-electron chi connectivity index (χ0n) is 19.7. The minimum Gasteiger partial charge on any atom is -0.381 e. The number of sulfone groups is 1. The van der Waals surface area contributed by atoms with Crippen LogP contribution < -0.4 is 5.32 Å². The Morgan fingerprint density at radius 1 is 1.22 bits per heavy atom. The minimum atomic E-state index is -4.73. The summed E-state index contributed by atoms with van der Waals surface area (Å²) in [5.74, 6) is -1.72. The van der Waals surface area contributed by atoms with Gasteiger partial charge in [0.15, 0.2) is 9.84 Å². The van der Waals surface area contributed by atoms with Crippen molar-refractivity contribution in [3.63, 3.8) is 0 Å². The maximum Gasteiger partial charge on any atom is 0.419 e. The predicted molar refractivity (Wildman–Crippen MR) is 125 cm³/mol. The molecule has 2 fully saturated rings. The van der Waals surface area contributed by atoms with Crippen molar-refractivity contribution in [2.24, 2.45) is 5.92 Å². The van der Waals surface area contributed by atoms with E-state index in [1.807, 2.05) is 0 Å². The lowest BCUT2D eigenvalue weighted by molar-refractivity contribution is -0.140. The van der Waals surface area contributed by atoms with E-state index in [-0.39, 0.29) is 30.3 Å². The van der Waals surface area contributed by atoms with Crippen molar-refractivity contribution in [2.45, 2.75) is 29.7 Å². The van der Waals surface area contributed by atoms with E-state index in [4.69, 9.17) is 4.74 Å². The van der Waals surface area contributed by atoms with Crippen molar-refractivity contribution in [1.82, 2.24) is 10.2 Å². The molecule has 0 spiro atoms. The molecule has 0 radical (unpaired) electrons. The third-order valence-electron chi connectivity index (χ3n) is 5.97. The Morgan fingerprint density at radius 3 is 2.41 bits per heavy atom. The van der Waals surface area contributed by atoms with Gasteiger partial charge in [0.2, 0.25) is 6.41 Å². The highest BCUT2D eigenvalue weighted by atomic mass is 32.2. The fraction of sp³-hybridized carbons (Fsp3) is 0.417. The minimum absolute atomic E-state index is 0. The van der Waals surface area contributed by atoms with E-state index in [2.05, 4.69) is 5.32 Å². The van der Waals surface area contributed by atoms with Crippen LogP contribution in [-0.4, -0.2) is 64.4 Å². The molecule has 0 unspecified atom stereocenters. The van der Waals surface area contributed by atoms with Gasteiger partial charge in [0.25, 0.3) is 5.91 Å². The van der Waals surface area contributed by atoms with E-state index in [0.717, 1.165) is 12.3 Å². The molecular weight excluding hydrogens is 523 g/mol. The van der Waals surface area contributed by atoms with Crippen LogP contribution in [0, 0.1) is 11.7 Å². The number of rotatable bonds is 6. The number of alkyl halides is 4. The summed E-state index contributed by atoms with van der Waals surface area (Å²) in [5, 5.41) is 2.48. The van der Waals surface area contributed by atoms with Gasteiger partial charge in [0, 0.05) is 25.7 Å². The van der Waals surface area contributed by atoms with Crippen LogP contribution in [0.4, 0.5) is 22.0 Å². The van der Waals surface area contributed by atoms with Crippen molar-refractivity contribution >= 4 is 22.2 Å². The summed E-state index contributed by atoms with van der Waals surface area (Å²) in [6, 6.07) is 7.96. The molecule has 0 saturated carbocycles. The average Bonchev–Trinajstić information content (AvgIpc) is 3.22. The molecule has 0 aliphatic carbocycles. The number of carbonyl (C=O) groups is 2. The van der Waals surface area contributed by atoms with Gasteiger partial charge in [-0.1, -0.05) is 12.1 Å². The van der Waals surface area contributed by atoms with E-state index < -0.39 is 39.6 Å². The SMILES string of the molecule is CS(=O)(=O)c1cccc(C(=O)N2CC[C@H](F)C2)c1.O=CN[C@@H](c1ccc(C(F)(F)F)c(F)c1)C1COC1.[HH]. The van der Waals surface area contributed by atoms with Crippen molar-refractivity contribution in [2.75, 3.05) is 32.6 Å². The van der Waals surface area contributed by atoms with Crippen LogP contribution in [0.15, 0.2) is 47.4 Å². The van der Waals surface area contributed by atoms with E-state index >= 15 is 0 Å². The summed E-state index contributed by atoms with van der Waals surface area (Å²) < 4.78 is 91.5. The number of halogens is 5. The Balaban J connectivity index is 0.000000260. The molecule has 2 saturated heterocycles. The number of likely N-dealkylation sites (tertiary alicyclic amines) is 1. The van der Waals surface area contributed by atoms with Gasteiger partial charge in [-0.15, -0.1) is 0 Å². The fourth-order valence-electron chi connectivity index (χ4n) is 3.92. The Morgan fingerprint density at radius 2 is 1.92 bits per heavy atom. The molecule has 2 aliphatic rings. The zero-order valence-corrected chi connectivity index (χ0v) is 20.5. The third kappa shape index (κ3) is 7.25. The molecule has 2 amide bonds. The van der Waals surface area contributed by atoms with Crippen molar-refractivity contribution in [3.8, 4) is 0 Å². The van der Waals surface area contributed by atoms with Crippen LogP contribution in [0.1, 0.15) is 35.4 Å². The molecule has 13 heteroatoms. The molecule has 2 heterocycles. The fourth-order valence-corrected chi connectivity index (χ4v) is 4.59. The van der Waals surface area contributed by atoms with Crippen LogP contribution >= 0.6 is 0 Å². The maximum absolute atomic E-state index is 13.5. The maximum atomic E-state index is 13.5. The monoisotopic (exact) mass is 550 g/mol. The highest BCUT2D eigenvalue weighted by Crippen LogP contribution is 2.34. The first-order valence-corrected chi connectivity index (χ1v) is 13.1. The molecule has 1 N–H and O–H groups in total. The predicted octanol–water partition coefficient (Wildman–Crippen LogP) is 3.80. The van der Waals surface area contributed by atoms with Crippen molar-refractivity contribution < 1.29 is 46.1 Å². The van der Waals surface area contributed by atoms with Gasteiger partial charge in [-0.25, -0.2) is 17.2 Å². The number of carbonyl (C=O) groups excluding carboxylic acids is 2. The van der Waals surface area contributed by atoms with E-state index in [9.17, 15) is 40.0 Å². The number of amides is 2. The summed E-state index contributed by atoms with van der Waals surface area (Å²) >= 11 is 0. The number of hydrogen-bond donors (Lipinski definition) is 1. The molecule has 0 bridgehead atoms. The molecule has 37 heavy (non-hydrogen) atoms. The third-order valence-corrected chi connectivity index (χ3v) is 7.08. The first kappa shape index (κ1) is 28.5. The van der Waals surface area contributed by atoms with Crippen LogP contribution in [0.2, 0.25) is 0 Å². The van der Waals surface area contributed by atoms with Crippen molar-refractivity contribution in [3.05, 3.63) is 65.0 Å². The molecule has 2 aromatic rings. The quantitative estimate of drug-likeness (QED) is 0.437. The molecule has 2 aliphatic heterocycles. The second-order valence-corrected chi connectivity index (χ2v) is 10.7. The largest absolute Gasteiger partial charge is 0.419 e. The smallest absolute Gasteiger partial charge is 0.381 e. The van der Waals surface area contributed by atoms with Crippen LogP contribution in [0.25, 0.3) is 0 Å². The molecule has 2 aromatic carbocycles. The second-order valence-electron chi connectivity index (χ2n) is 8.73. The summed E-state index contributed by atoms with van der Waals surface area (Å²) in [7, 11) is -3.34. The van der Waals surface area contributed by atoms with Gasteiger partial charge in [0.05, 0.1) is 36.3 Å². The summed E-state index contributed by atoms with van der Waals surface area (Å²) in [5.41, 5.74) is -0.733. The van der Waals surface area contributed by atoms with Gasteiger partial charge in [-0.3, -0.25) is 9.59 Å². The van der Waals surface area contributed by atoms with Gasteiger partial charge in [0.1, 0.15) is 12.0 Å². The molecule has 2 atom stereocenters. The van der Waals surface area contributed by atoms with Crippen LogP contribution in [0.3, 0.4) is 0 Å². The number of nitrogens with zero attached hydrogens (tertiary/aromatic N) is 1. The van der Waals surface area contributed by atoms with Crippen LogP contribution in [-0.2, 0) is 25.5 Å². The van der Waals surface area contributed by atoms with Gasteiger partial charge >= 0.3 is 6.18 Å². The highest BCUT2D eigenvalue weighted by Gasteiger charge is 2.35. The Labute approximate surface area is 212 Å². The highest BCUT2D eigenvalue weighted by molar-refractivity contribution is 7.90. The normalized spacial score (nSPS) is 18.9. The molecular formula is C24H27F5N2O5S. The Kier molecular flexibility index (Phi) is 8.90. The molecule has 7 nitrogen and oxygen atoms in total. The molecule has 0 aromatic heterocycles. The van der Waals surface area contributed by atoms with Gasteiger partial charge < -0.3 is 15.0 Å². The van der Waals surface area contributed by atoms with Crippen molar-refractivity contribution in [1.29, 1.82) is 0 Å². The lowest BCUT2D eigenvalue weighted by Gasteiger charge is -2.33. The average molecular weight is 551 g/mol. The number of benzene rings is 2. The van der Waals surface area contributed by atoms with Crippen LogP contribution in [0.5, 0.6) is 0 Å². The summed E-state index contributed by atoms with van der Waals surface area (Å²) in [6.07, 6.45) is -3.83. The Hall–Kier alpha value is -3.06.